The summed E-state index contributed by atoms with van der Waals surface area (Å²) in [6, 6.07) is 0. The van der Waals surface area contributed by atoms with Crippen molar-refractivity contribution < 1.29 is 34.4 Å². The van der Waals surface area contributed by atoms with Crippen molar-refractivity contribution in [3.63, 3.8) is 0 Å². The Bertz CT molecular complexity index is 116. The molecule has 0 saturated carbocycles. The molecule has 0 aromatic rings. The van der Waals surface area contributed by atoms with Crippen LogP contribution in [0.5, 0.6) is 0 Å². The maximum atomic E-state index is 9.35. The first-order valence-electron chi connectivity index (χ1n) is 5.64. The van der Waals surface area contributed by atoms with Gasteiger partial charge in [-0.2, -0.15) is 0 Å². The van der Waals surface area contributed by atoms with E-state index >= 15 is 0 Å². The Hall–Kier alpha value is 0.594. The summed E-state index contributed by atoms with van der Waals surface area (Å²) in [4.78, 5) is 0. The molecule has 0 aromatic carbocycles. The second-order valence-corrected chi connectivity index (χ2v) is 4.24. The third kappa shape index (κ3) is 12.5. The third-order valence-corrected chi connectivity index (χ3v) is 2.86. The Kier molecular flexibility index (Phi) is 15.2. The van der Waals surface area contributed by atoms with E-state index in [0.717, 1.165) is 19.3 Å². The molecular weight excluding hydrogens is 228 g/mol. The molecule has 0 amide bonds. The quantitative estimate of drug-likeness (QED) is 0.712. The number of aliphatic hydroxyl groups is 2. The van der Waals surface area contributed by atoms with Gasteiger partial charge in [-0.15, -0.1) is 0 Å². The van der Waals surface area contributed by atoms with Gasteiger partial charge in [0.25, 0.3) is 0 Å². The first kappa shape index (κ1) is 18.0. The smallest absolute Gasteiger partial charge is 0.0590 e. The molecule has 2 unspecified atom stereocenters. The summed E-state index contributed by atoms with van der Waals surface area (Å²) in [5.74, 6) is 0.0833. The van der Waals surface area contributed by atoms with Gasteiger partial charge in [0.1, 0.15) is 0 Å². The van der Waals surface area contributed by atoms with Crippen LogP contribution in [0, 0.1) is 5.92 Å². The van der Waals surface area contributed by atoms with E-state index in [2.05, 4.69) is 0 Å². The molecule has 3 nitrogen and oxygen atoms in total. The summed E-state index contributed by atoms with van der Waals surface area (Å²) in [6.45, 7) is 8.13. The van der Waals surface area contributed by atoms with Gasteiger partial charge in [-0.3, -0.25) is 0 Å². The van der Waals surface area contributed by atoms with E-state index < -0.39 is 0 Å². The van der Waals surface area contributed by atoms with Crippen LogP contribution in [0.4, 0.5) is 0 Å². The number of hydrogen-bond donors (Lipinski definition) is 2. The van der Waals surface area contributed by atoms with E-state index in [4.69, 9.17) is 8.42 Å². The van der Waals surface area contributed by atoms with Gasteiger partial charge in [0, 0.05) is 12.5 Å². The van der Waals surface area contributed by atoms with Gasteiger partial charge in [-0.25, -0.2) is 0 Å². The molecule has 15 heavy (non-hydrogen) atoms. The van der Waals surface area contributed by atoms with Crippen LogP contribution in [-0.2, 0) is 24.1 Å². The minimum atomic E-state index is -0.306. The van der Waals surface area contributed by atoms with Crippen molar-refractivity contribution >= 4 is 0 Å². The van der Waals surface area contributed by atoms with Gasteiger partial charge in [-0.1, -0.05) is 20.3 Å². The van der Waals surface area contributed by atoms with Crippen molar-refractivity contribution in [2.24, 2.45) is 5.92 Å². The summed E-state index contributed by atoms with van der Waals surface area (Å²) in [6.07, 6.45) is 2.73. The summed E-state index contributed by atoms with van der Waals surface area (Å²) >= 11 is 1.70. The molecular formula is C11H25O3Ti. The van der Waals surface area contributed by atoms with Crippen LogP contribution >= 0.6 is 0 Å². The fourth-order valence-electron chi connectivity index (χ4n) is 1.05. The largest absolute Gasteiger partial charge is 0.396 e. The van der Waals surface area contributed by atoms with Crippen molar-refractivity contribution in [1.82, 2.24) is 0 Å². The zero-order valence-electron chi connectivity index (χ0n) is 10.4. The predicted octanol–water partition coefficient (Wildman–Crippen LogP) is 2.04. The topological polar surface area (TPSA) is 49.7 Å². The Morgan fingerprint density at radius 3 is 1.93 bits per heavy atom. The molecule has 0 bridgehead atoms. The number of rotatable bonds is 6. The molecule has 0 aliphatic rings. The van der Waals surface area contributed by atoms with E-state index in [1.165, 1.54) is 0 Å². The second-order valence-electron chi connectivity index (χ2n) is 3.87. The van der Waals surface area contributed by atoms with E-state index in [-0.39, 0.29) is 18.6 Å². The molecule has 0 saturated heterocycles. The molecule has 0 heterocycles. The molecule has 0 fully saturated rings. The fourth-order valence-corrected chi connectivity index (χ4v) is 1.05. The normalized spacial score (nSPS) is 14.3. The molecule has 0 aliphatic heterocycles. The van der Waals surface area contributed by atoms with Crippen LogP contribution < -0.4 is 0 Å². The zero-order chi connectivity index (χ0) is 12.3. The second kappa shape index (κ2) is 12.7. The summed E-state index contributed by atoms with van der Waals surface area (Å²) in [5.41, 5.74) is 0. The van der Waals surface area contributed by atoms with Crippen LogP contribution in [0.25, 0.3) is 0 Å². The van der Waals surface area contributed by atoms with E-state index in [1.807, 2.05) is 27.7 Å². The van der Waals surface area contributed by atoms with Gasteiger partial charge in [0.05, 0.1) is 6.10 Å². The molecule has 4 heteroatoms. The van der Waals surface area contributed by atoms with Crippen LogP contribution in [-0.4, -0.2) is 29.0 Å². The van der Waals surface area contributed by atoms with Gasteiger partial charge < -0.3 is 10.2 Å². The summed E-state index contributed by atoms with van der Waals surface area (Å²) in [5, 5.41) is 18.1. The van der Waals surface area contributed by atoms with Crippen LogP contribution in [0.2, 0.25) is 0 Å². The van der Waals surface area contributed by atoms with Gasteiger partial charge in [0.2, 0.25) is 0 Å². The van der Waals surface area contributed by atoms with Crippen LogP contribution in [0.15, 0.2) is 0 Å². The minimum absolute atomic E-state index is 0.0833. The van der Waals surface area contributed by atoms with Crippen molar-refractivity contribution in [3.05, 3.63) is 0 Å². The molecule has 2 atom stereocenters. The van der Waals surface area contributed by atoms with E-state index in [1.54, 1.807) is 20.8 Å². The van der Waals surface area contributed by atoms with Crippen molar-refractivity contribution in [3.8, 4) is 0 Å². The van der Waals surface area contributed by atoms with Gasteiger partial charge in [0.15, 0.2) is 0 Å². The molecule has 0 aliphatic carbocycles. The SMILES string of the molecule is CC(C)[O][Ti].CCCC(O)C(CC)CO. The molecule has 91 valence electrons. The first-order chi connectivity index (χ1) is 7.03. The van der Waals surface area contributed by atoms with Crippen molar-refractivity contribution in [1.29, 1.82) is 0 Å². The standard InChI is InChI=1S/C8H18O2.C3H7O.Ti/c1-3-5-8(10)7(4-2)6-9;1-3(2)4;/h7-10H,3-6H2,1-2H3;3H,1-2H3;/q;-1;+1. The third-order valence-electron chi connectivity index (χ3n) is 2.12. The molecule has 2 N–H and O–H groups in total. The average molecular weight is 253 g/mol. The van der Waals surface area contributed by atoms with E-state index in [0.29, 0.717) is 6.10 Å². The molecule has 0 radical (unpaired) electrons. The van der Waals surface area contributed by atoms with Gasteiger partial charge >= 0.3 is 44.1 Å². The van der Waals surface area contributed by atoms with Crippen LogP contribution in [0.1, 0.15) is 47.0 Å². The average Bonchev–Trinajstić information content (AvgIpc) is 2.21. The summed E-state index contributed by atoms with van der Waals surface area (Å²) < 4.78 is 4.75. The van der Waals surface area contributed by atoms with E-state index in [9.17, 15) is 5.11 Å². The Morgan fingerprint density at radius 2 is 1.73 bits per heavy atom. The fraction of sp³-hybridized carbons (Fsp3) is 1.00. The zero-order valence-corrected chi connectivity index (χ0v) is 11.9. The summed E-state index contributed by atoms with van der Waals surface area (Å²) in [7, 11) is 0. The van der Waals surface area contributed by atoms with Gasteiger partial charge in [-0.05, 0) is 12.8 Å². The molecule has 0 spiro atoms. The molecule has 0 aromatic heterocycles. The maximum absolute atomic E-state index is 9.35. The predicted molar refractivity (Wildman–Crippen MR) is 58.0 cm³/mol. The molecule has 0 rings (SSSR count). The number of hydrogen-bond acceptors (Lipinski definition) is 3. The van der Waals surface area contributed by atoms with Crippen molar-refractivity contribution in [2.45, 2.75) is 59.2 Å². The Balaban J connectivity index is 0. The Labute approximate surface area is 106 Å². The van der Waals surface area contributed by atoms with Crippen molar-refractivity contribution in [2.75, 3.05) is 6.61 Å². The first-order valence-corrected chi connectivity index (χ1v) is 6.28. The maximum Gasteiger partial charge on any atom is 0.0590 e. The van der Waals surface area contributed by atoms with Crippen LogP contribution in [0.3, 0.4) is 0 Å². The minimum Gasteiger partial charge on any atom is -0.396 e. The Morgan fingerprint density at radius 1 is 1.27 bits per heavy atom. The number of aliphatic hydroxyl groups excluding tert-OH is 2. The monoisotopic (exact) mass is 253 g/mol.